The highest BCUT2D eigenvalue weighted by Gasteiger charge is 2.39. The number of benzene rings is 1. The monoisotopic (exact) mass is 484 g/mol. The summed E-state index contributed by atoms with van der Waals surface area (Å²) >= 11 is 7.94. The molecule has 0 bridgehead atoms. The fourth-order valence-corrected chi connectivity index (χ4v) is 4.90. The first-order valence-corrected chi connectivity index (χ1v) is 12.2. The lowest BCUT2D eigenvalue weighted by atomic mass is 10.2. The SMILES string of the molecule is CCOC1OC1CCn1ccc2c(-c3nnc(-c4ccc(OC(C)C)c(Cl)c4)s3)ccnc21. The van der Waals surface area contributed by atoms with Crippen LogP contribution in [0.1, 0.15) is 27.2 Å². The Morgan fingerprint density at radius 2 is 2.03 bits per heavy atom. The lowest BCUT2D eigenvalue weighted by Gasteiger charge is -2.11. The largest absolute Gasteiger partial charge is 0.489 e. The Kier molecular flexibility index (Phi) is 6.34. The Morgan fingerprint density at radius 1 is 1.18 bits per heavy atom. The smallest absolute Gasteiger partial charge is 0.184 e. The standard InChI is InChI=1S/C24H25ClN4O3S/c1-4-30-24-20(32-24)9-12-29-11-8-16-17(7-10-26-21(16)29)23-28-27-22(33-23)15-5-6-19(18(25)13-15)31-14(2)3/h5-8,10-11,13-14,20,24H,4,9,12H2,1-3H3. The van der Waals surface area contributed by atoms with Gasteiger partial charge in [-0.15, -0.1) is 10.2 Å². The van der Waals surface area contributed by atoms with Crippen molar-refractivity contribution in [2.75, 3.05) is 6.61 Å². The molecule has 0 spiro atoms. The topological polar surface area (TPSA) is 74.6 Å². The molecule has 1 aliphatic heterocycles. The maximum atomic E-state index is 6.41. The number of nitrogens with zero attached hydrogens (tertiary/aromatic N) is 4. The van der Waals surface area contributed by atoms with Gasteiger partial charge in [-0.3, -0.25) is 0 Å². The summed E-state index contributed by atoms with van der Waals surface area (Å²) in [6.45, 7) is 7.42. The zero-order chi connectivity index (χ0) is 22.9. The number of pyridine rings is 1. The third-order valence-electron chi connectivity index (χ3n) is 5.38. The Bertz CT molecular complexity index is 1270. The van der Waals surface area contributed by atoms with E-state index in [-0.39, 0.29) is 18.5 Å². The first kappa shape index (κ1) is 22.3. The zero-order valence-electron chi connectivity index (χ0n) is 18.7. The molecule has 4 heterocycles. The molecule has 1 aromatic carbocycles. The van der Waals surface area contributed by atoms with E-state index < -0.39 is 0 Å². The number of hydrogen-bond acceptors (Lipinski definition) is 7. The van der Waals surface area contributed by atoms with Gasteiger partial charge in [-0.05, 0) is 57.5 Å². The number of hydrogen-bond donors (Lipinski definition) is 0. The fourth-order valence-electron chi connectivity index (χ4n) is 3.80. The zero-order valence-corrected chi connectivity index (χ0v) is 20.3. The minimum Gasteiger partial charge on any atom is -0.489 e. The Hall–Kier alpha value is -2.52. The number of fused-ring (bicyclic) bond motifs is 1. The van der Waals surface area contributed by atoms with Crippen molar-refractivity contribution in [1.29, 1.82) is 0 Å². The molecule has 33 heavy (non-hydrogen) atoms. The molecule has 0 aliphatic carbocycles. The van der Waals surface area contributed by atoms with E-state index in [1.807, 2.05) is 51.2 Å². The molecule has 1 fully saturated rings. The van der Waals surface area contributed by atoms with Crippen LogP contribution in [0.2, 0.25) is 5.02 Å². The number of epoxide rings is 1. The van der Waals surface area contributed by atoms with Gasteiger partial charge in [0.05, 0.1) is 11.1 Å². The van der Waals surface area contributed by atoms with E-state index in [2.05, 4.69) is 32.0 Å². The Morgan fingerprint density at radius 3 is 2.82 bits per heavy atom. The lowest BCUT2D eigenvalue weighted by molar-refractivity contribution is 0.0593. The molecule has 2 atom stereocenters. The number of aromatic nitrogens is 4. The number of halogens is 1. The van der Waals surface area contributed by atoms with Gasteiger partial charge < -0.3 is 18.8 Å². The summed E-state index contributed by atoms with van der Waals surface area (Å²) in [5.41, 5.74) is 2.86. The van der Waals surface area contributed by atoms with E-state index in [1.165, 1.54) is 11.3 Å². The first-order chi connectivity index (χ1) is 16.0. The second-order valence-corrected chi connectivity index (χ2v) is 9.50. The van der Waals surface area contributed by atoms with Crippen LogP contribution in [0.5, 0.6) is 5.75 Å². The summed E-state index contributed by atoms with van der Waals surface area (Å²) in [6.07, 6.45) is 4.95. The van der Waals surface area contributed by atoms with Gasteiger partial charge in [0.2, 0.25) is 0 Å². The normalized spacial score (nSPS) is 17.7. The molecule has 0 N–H and O–H groups in total. The molecule has 0 saturated carbocycles. The summed E-state index contributed by atoms with van der Waals surface area (Å²) in [4.78, 5) is 4.61. The van der Waals surface area contributed by atoms with Crippen molar-refractivity contribution in [2.24, 2.45) is 0 Å². The van der Waals surface area contributed by atoms with Gasteiger partial charge >= 0.3 is 0 Å². The van der Waals surface area contributed by atoms with Gasteiger partial charge in [-0.1, -0.05) is 22.9 Å². The first-order valence-electron chi connectivity index (χ1n) is 11.0. The third-order valence-corrected chi connectivity index (χ3v) is 6.68. The second kappa shape index (κ2) is 9.38. The maximum Gasteiger partial charge on any atom is 0.184 e. The number of ether oxygens (including phenoxy) is 3. The number of rotatable bonds is 9. The minimum absolute atomic E-state index is 0.0559. The molecule has 4 aromatic rings. The van der Waals surface area contributed by atoms with Crippen molar-refractivity contribution in [1.82, 2.24) is 19.7 Å². The van der Waals surface area contributed by atoms with Crippen LogP contribution in [0.25, 0.3) is 32.2 Å². The fraction of sp³-hybridized carbons (Fsp3) is 0.375. The molecule has 1 saturated heterocycles. The summed E-state index contributed by atoms with van der Waals surface area (Å²) < 4.78 is 18.9. The Balaban J connectivity index is 1.36. The molecule has 172 valence electrons. The van der Waals surface area contributed by atoms with Crippen molar-refractivity contribution >= 4 is 34.0 Å². The van der Waals surface area contributed by atoms with Gasteiger partial charge in [-0.2, -0.15) is 0 Å². The van der Waals surface area contributed by atoms with Crippen LogP contribution in [-0.2, 0) is 16.0 Å². The van der Waals surface area contributed by atoms with Crippen LogP contribution in [0.4, 0.5) is 0 Å². The molecule has 0 amide bonds. The van der Waals surface area contributed by atoms with E-state index in [0.717, 1.165) is 45.1 Å². The van der Waals surface area contributed by atoms with E-state index in [9.17, 15) is 0 Å². The van der Waals surface area contributed by atoms with Crippen LogP contribution in [-0.4, -0.2) is 44.9 Å². The average molecular weight is 485 g/mol. The summed E-state index contributed by atoms with van der Waals surface area (Å²) in [7, 11) is 0. The predicted molar refractivity (Wildman–Crippen MR) is 130 cm³/mol. The molecule has 5 rings (SSSR count). The third kappa shape index (κ3) is 4.75. The highest BCUT2D eigenvalue weighted by atomic mass is 35.5. The Labute approximate surface area is 201 Å². The summed E-state index contributed by atoms with van der Waals surface area (Å²) in [5, 5.41) is 12.1. The van der Waals surface area contributed by atoms with Gasteiger partial charge in [0.15, 0.2) is 6.29 Å². The van der Waals surface area contributed by atoms with Crippen LogP contribution < -0.4 is 4.74 Å². The predicted octanol–water partition coefficient (Wildman–Crippen LogP) is 5.81. The molecule has 0 radical (unpaired) electrons. The maximum absolute atomic E-state index is 6.41. The molecular weight excluding hydrogens is 460 g/mol. The number of aryl methyl sites for hydroxylation is 1. The molecule has 7 nitrogen and oxygen atoms in total. The van der Waals surface area contributed by atoms with E-state index >= 15 is 0 Å². The van der Waals surface area contributed by atoms with E-state index in [0.29, 0.717) is 17.4 Å². The van der Waals surface area contributed by atoms with Crippen molar-refractivity contribution in [3.05, 3.63) is 47.7 Å². The summed E-state index contributed by atoms with van der Waals surface area (Å²) in [6, 6.07) is 9.78. The van der Waals surface area contributed by atoms with Crippen LogP contribution in [0.15, 0.2) is 42.7 Å². The molecule has 1 aliphatic rings. The average Bonchev–Trinajstić information content (AvgIpc) is 3.19. The molecule has 9 heteroatoms. The molecular formula is C24H25ClN4O3S. The van der Waals surface area contributed by atoms with Gasteiger partial charge in [0, 0.05) is 42.1 Å². The highest BCUT2D eigenvalue weighted by Crippen LogP contribution is 2.37. The van der Waals surface area contributed by atoms with Gasteiger partial charge in [0.1, 0.15) is 27.5 Å². The van der Waals surface area contributed by atoms with Crippen LogP contribution in [0.3, 0.4) is 0 Å². The quantitative estimate of drug-likeness (QED) is 0.279. The molecule has 3 aromatic heterocycles. The van der Waals surface area contributed by atoms with Crippen LogP contribution in [0, 0.1) is 0 Å². The van der Waals surface area contributed by atoms with Crippen molar-refractivity contribution in [3.63, 3.8) is 0 Å². The lowest BCUT2D eigenvalue weighted by Crippen LogP contribution is -2.05. The highest BCUT2D eigenvalue weighted by molar-refractivity contribution is 7.18. The summed E-state index contributed by atoms with van der Waals surface area (Å²) in [5.74, 6) is 0.668. The molecule has 2 unspecified atom stereocenters. The van der Waals surface area contributed by atoms with Crippen molar-refractivity contribution in [3.8, 4) is 26.9 Å². The van der Waals surface area contributed by atoms with Crippen molar-refractivity contribution in [2.45, 2.75) is 52.2 Å². The van der Waals surface area contributed by atoms with Crippen molar-refractivity contribution < 1.29 is 14.2 Å². The second-order valence-electron chi connectivity index (χ2n) is 8.12. The van der Waals surface area contributed by atoms with Crippen LogP contribution >= 0.6 is 22.9 Å². The minimum atomic E-state index is -0.0559. The van der Waals surface area contributed by atoms with E-state index in [1.54, 1.807) is 0 Å². The van der Waals surface area contributed by atoms with Gasteiger partial charge in [-0.25, -0.2) is 4.98 Å². The van der Waals surface area contributed by atoms with Gasteiger partial charge in [0.25, 0.3) is 0 Å². The van der Waals surface area contributed by atoms with E-state index in [4.69, 9.17) is 25.8 Å².